The molecule has 0 fully saturated rings. The molecule has 0 bridgehead atoms. The Bertz CT molecular complexity index is 1630. The Morgan fingerprint density at radius 2 is 1.37 bits per heavy atom. The lowest BCUT2D eigenvalue weighted by molar-refractivity contribution is -0.121. The molecule has 46 heavy (non-hydrogen) atoms. The predicted octanol–water partition coefficient (Wildman–Crippen LogP) is 6.97. The van der Waals surface area contributed by atoms with Crippen molar-refractivity contribution in [1.82, 2.24) is 5.32 Å². The van der Waals surface area contributed by atoms with Crippen molar-refractivity contribution in [3.05, 3.63) is 119 Å². The maximum absolute atomic E-state index is 12.2. The molecule has 3 N–H and O–H groups in total. The van der Waals surface area contributed by atoms with Crippen LogP contribution in [0.5, 0.6) is 11.5 Å². The monoisotopic (exact) mass is 643 g/mol. The van der Waals surface area contributed by atoms with E-state index in [1.807, 2.05) is 85.8 Å². The first kappa shape index (κ1) is 34.5. The Balaban J connectivity index is 1.35. The van der Waals surface area contributed by atoms with Crippen molar-refractivity contribution < 1.29 is 23.1 Å². The number of unbranched alkanes of at least 4 members (excludes halogenated alkanes) is 3. The van der Waals surface area contributed by atoms with Crippen LogP contribution in [-0.4, -0.2) is 38.8 Å². The average molecular weight is 644 g/mol. The van der Waals surface area contributed by atoms with E-state index >= 15 is 0 Å². The van der Waals surface area contributed by atoms with Gasteiger partial charge in [-0.3, -0.25) is 9.52 Å². The standard InChI is InChI=1S/C37H45N3O5S/c1-29-35(39-46(2,43)44)13-10-14-36(29)40(27-31-11-6-5-7-12-31)28-32-17-22-34(23-18-32)45-33-20-15-30(16-21-33)19-24-37(42)38-25-8-3-4-9-26-41/h5-7,10-18,20-23,39,41H,3-4,8-9,19,24-28H2,1-2H3,(H,38,42). The maximum Gasteiger partial charge on any atom is 0.229 e. The molecule has 9 heteroatoms. The van der Waals surface area contributed by atoms with E-state index in [4.69, 9.17) is 9.84 Å². The minimum Gasteiger partial charge on any atom is -0.457 e. The van der Waals surface area contributed by atoms with Gasteiger partial charge in [-0.1, -0.05) is 73.5 Å². The summed E-state index contributed by atoms with van der Waals surface area (Å²) >= 11 is 0. The van der Waals surface area contributed by atoms with E-state index in [9.17, 15) is 13.2 Å². The summed E-state index contributed by atoms with van der Waals surface area (Å²) in [6, 6.07) is 31.7. The summed E-state index contributed by atoms with van der Waals surface area (Å²) in [5, 5.41) is 11.8. The van der Waals surface area contributed by atoms with E-state index in [0.29, 0.717) is 38.2 Å². The van der Waals surface area contributed by atoms with Gasteiger partial charge in [-0.15, -0.1) is 0 Å². The van der Waals surface area contributed by atoms with Crippen LogP contribution >= 0.6 is 0 Å². The molecule has 4 aromatic rings. The molecule has 0 heterocycles. The molecule has 0 aliphatic carbocycles. The van der Waals surface area contributed by atoms with Crippen LogP contribution in [0.25, 0.3) is 0 Å². The summed E-state index contributed by atoms with van der Waals surface area (Å²) < 4.78 is 32.7. The Hall–Kier alpha value is -4.34. The second-order valence-electron chi connectivity index (χ2n) is 11.5. The molecule has 244 valence electrons. The first-order valence-electron chi connectivity index (χ1n) is 15.8. The number of aliphatic hydroxyl groups is 1. The van der Waals surface area contributed by atoms with Gasteiger partial charge in [0.25, 0.3) is 0 Å². The van der Waals surface area contributed by atoms with Crippen molar-refractivity contribution in [2.75, 3.05) is 29.0 Å². The van der Waals surface area contributed by atoms with Crippen LogP contribution < -0.4 is 19.7 Å². The van der Waals surface area contributed by atoms with Gasteiger partial charge in [-0.2, -0.15) is 0 Å². The number of sulfonamides is 1. The molecule has 0 saturated carbocycles. The Kier molecular flexibility index (Phi) is 13.0. The quantitative estimate of drug-likeness (QED) is 0.101. The summed E-state index contributed by atoms with van der Waals surface area (Å²) in [6.45, 7) is 4.11. The van der Waals surface area contributed by atoms with Gasteiger partial charge in [-0.05, 0) is 84.8 Å². The van der Waals surface area contributed by atoms with E-state index < -0.39 is 10.0 Å². The number of carbonyl (C=O) groups excluding carboxylic acids is 1. The third-order valence-electron chi connectivity index (χ3n) is 7.66. The molecule has 0 aliphatic rings. The molecule has 0 unspecified atom stereocenters. The molecule has 0 atom stereocenters. The number of amides is 1. The van der Waals surface area contributed by atoms with E-state index in [0.717, 1.165) is 71.4 Å². The number of anilines is 2. The second-order valence-corrected chi connectivity index (χ2v) is 13.3. The van der Waals surface area contributed by atoms with Crippen molar-refractivity contribution in [3.63, 3.8) is 0 Å². The number of ether oxygens (including phenoxy) is 1. The third kappa shape index (κ3) is 11.5. The fraction of sp³-hybridized carbons (Fsp3) is 0.324. The summed E-state index contributed by atoms with van der Waals surface area (Å²) in [7, 11) is -3.41. The topological polar surface area (TPSA) is 108 Å². The fourth-order valence-electron chi connectivity index (χ4n) is 5.21. The zero-order valence-electron chi connectivity index (χ0n) is 26.7. The van der Waals surface area contributed by atoms with Gasteiger partial charge in [0.15, 0.2) is 0 Å². The molecule has 0 radical (unpaired) electrons. The largest absolute Gasteiger partial charge is 0.457 e. The third-order valence-corrected chi connectivity index (χ3v) is 8.25. The Labute approximate surface area is 273 Å². The van der Waals surface area contributed by atoms with E-state index in [1.165, 1.54) is 0 Å². The molecule has 0 aliphatic heterocycles. The van der Waals surface area contributed by atoms with Gasteiger partial charge in [0, 0.05) is 38.3 Å². The van der Waals surface area contributed by atoms with Crippen molar-refractivity contribution in [2.24, 2.45) is 0 Å². The Morgan fingerprint density at radius 3 is 2.00 bits per heavy atom. The highest BCUT2D eigenvalue weighted by Gasteiger charge is 2.15. The first-order valence-corrected chi connectivity index (χ1v) is 17.7. The zero-order valence-corrected chi connectivity index (χ0v) is 27.6. The lowest BCUT2D eigenvalue weighted by Crippen LogP contribution is -2.24. The first-order chi connectivity index (χ1) is 22.2. The second kappa shape index (κ2) is 17.4. The highest BCUT2D eigenvalue weighted by Crippen LogP contribution is 2.31. The summed E-state index contributed by atoms with van der Waals surface area (Å²) in [6.07, 6.45) is 6.02. The molecule has 0 saturated heterocycles. The lowest BCUT2D eigenvalue weighted by Gasteiger charge is -2.28. The number of benzene rings is 4. The average Bonchev–Trinajstić information content (AvgIpc) is 3.04. The molecular weight excluding hydrogens is 598 g/mol. The number of nitrogens with one attached hydrogen (secondary N) is 2. The van der Waals surface area contributed by atoms with Crippen LogP contribution in [0.4, 0.5) is 11.4 Å². The smallest absolute Gasteiger partial charge is 0.229 e. The highest BCUT2D eigenvalue weighted by molar-refractivity contribution is 7.92. The summed E-state index contributed by atoms with van der Waals surface area (Å²) in [5.74, 6) is 1.50. The minimum atomic E-state index is -3.41. The number of carbonyl (C=O) groups is 1. The van der Waals surface area contributed by atoms with Crippen molar-refractivity contribution >= 4 is 27.3 Å². The number of aryl methyl sites for hydroxylation is 1. The molecule has 4 rings (SSSR count). The number of rotatable bonds is 18. The number of hydrogen-bond acceptors (Lipinski definition) is 6. The van der Waals surface area contributed by atoms with Gasteiger partial charge in [0.2, 0.25) is 15.9 Å². The van der Waals surface area contributed by atoms with Crippen molar-refractivity contribution in [3.8, 4) is 11.5 Å². The number of nitrogens with zero attached hydrogens (tertiary/aromatic N) is 1. The molecule has 0 aromatic heterocycles. The van der Waals surface area contributed by atoms with Crippen LogP contribution in [0.3, 0.4) is 0 Å². The van der Waals surface area contributed by atoms with Crippen molar-refractivity contribution in [1.29, 1.82) is 0 Å². The van der Waals surface area contributed by atoms with Crippen LogP contribution in [0.1, 0.15) is 54.4 Å². The number of aliphatic hydroxyl groups excluding tert-OH is 1. The van der Waals surface area contributed by atoms with Crippen LogP contribution in [0.2, 0.25) is 0 Å². The van der Waals surface area contributed by atoms with E-state index in [1.54, 1.807) is 6.07 Å². The van der Waals surface area contributed by atoms with Crippen LogP contribution in [-0.2, 0) is 34.3 Å². The molecule has 1 amide bonds. The van der Waals surface area contributed by atoms with Gasteiger partial charge in [-0.25, -0.2) is 8.42 Å². The molecule has 8 nitrogen and oxygen atoms in total. The van der Waals surface area contributed by atoms with E-state index in [-0.39, 0.29) is 12.5 Å². The lowest BCUT2D eigenvalue weighted by atomic mass is 10.1. The predicted molar refractivity (Wildman–Crippen MR) is 186 cm³/mol. The van der Waals surface area contributed by atoms with E-state index in [2.05, 4.69) is 27.1 Å². The molecule has 4 aromatic carbocycles. The molecular formula is C37H45N3O5S. The van der Waals surface area contributed by atoms with Crippen LogP contribution in [0, 0.1) is 6.92 Å². The fourth-order valence-corrected chi connectivity index (χ4v) is 5.83. The normalized spacial score (nSPS) is 11.2. The Morgan fingerprint density at radius 1 is 0.761 bits per heavy atom. The highest BCUT2D eigenvalue weighted by atomic mass is 32.2. The maximum atomic E-state index is 12.2. The van der Waals surface area contributed by atoms with Gasteiger partial charge in [0.05, 0.1) is 11.9 Å². The number of hydrogen-bond donors (Lipinski definition) is 3. The molecule has 0 spiro atoms. The van der Waals surface area contributed by atoms with Gasteiger partial charge < -0.3 is 20.1 Å². The zero-order chi connectivity index (χ0) is 32.8. The van der Waals surface area contributed by atoms with Crippen molar-refractivity contribution in [2.45, 2.75) is 58.5 Å². The van der Waals surface area contributed by atoms with Crippen LogP contribution in [0.15, 0.2) is 97.1 Å². The van der Waals surface area contributed by atoms with Gasteiger partial charge in [0.1, 0.15) is 11.5 Å². The summed E-state index contributed by atoms with van der Waals surface area (Å²) in [5.41, 5.74) is 5.69. The minimum absolute atomic E-state index is 0.0540. The summed E-state index contributed by atoms with van der Waals surface area (Å²) in [4.78, 5) is 14.4. The SMILES string of the molecule is Cc1c(NS(C)(=O)=O)cccc1N(Cc1ccccc1)Cc1ccc(Oc2ccc(CCC(=O)NCCCCCCO)cc2)cc1. The van der Waals surface area contributed by atoms with Gasteiger partial charge >= 0.3 is 0 Å².